The highest BCUT2D eigenvalue weighted by molar-refractivity contribution is 6.34. The van der Waals surface area contributed by atoms with Crippen LogP contribution >= 0.6 is 11.6 Å². The van der Waals surface area contributed by atoms with Crippen LogP contribution in [0.5, 0.6) is 11.5 Å². The smallest absolute Gasteiger partial charge is 0.231 e. The number of Topliss-reactive ketones (excluding diaryl/α,β-unsaturated/α-hetero) is 1. The molecule has 0 saturated heterocycles. The molecule has 5 heteroatoms. The maximum absolute atomic E-state index is 11.7. The molecule has 1 heterocycles. The predicted octanol–water partition coefficient (Wildman–Crippen LogP) is 1.60. The predicted molar refractivity (Wildman–Crippen MR) is 55.6 cm³/mol. The lowest BCUT2D eigenvalue weighted by Crippen LogP contribution is -2.09. The van der Waals surface area contributed by atoms with Gasteiger partial charge in [0, 0.05) is 6.42 Å². The fraction of sp³-hybridized carbons (Fsp3) is 0.300. The van der Waals surface area contributed by atoms with Crippen LogP contribution in [-0.2, 0) is 0 Å². The third-order valence-corrected chi connectivity index (χ3v) is 2.45. The molecule has 4 nitrogen and oxygen atoms in total. The number of hydrogen-bond acceptors (Lipinski definition) is 4. The van der Waals surface area contributed by atoms with E-state index >= 15 is 0 Å². The molecule has 2 rings (SSSR count). The third kappa shape index (κ3) is 1.78. The molecule has 0 bridgehead atoms. The molecule has 0 saturated carbocycles. The number of hydrogen-bond donors (Lipinski definition) is 1. The van der Waals surface area contributed by atoms with E-state index < -0.39 is 0 Å². The largest absolute Gasteiger partial charge is 0.454 e. The van der Waals surface area contributed by atoms with Crippen molar-refractivity contribution >= 4 is 17.4 Å². The lowest BCUT2D eigenvalue weighted by molar-refractivity contribution is 0.0981. The minimum absolute atomic E-state index is 0.121. The van der Waals surface area contributed by atoms with E-state index in [4.69, 9.17) is 26.8 Å². The monoisotopic (exact) mass is 227 g/mol. The molecule has 0 atom stereocenters. The van der Waals surface area contributed by atoms with Gasteiger partial charge in [0.05, 0.1) is 10.6 Å². The minimum Gasteiger partial charge on any atom is -0.454 e. The van der Waals surface area contributed by atoms with Crippen molar-refractivity contribution in [3.05, 3.63) is 22.7 Å². The van der Waals surface area contributed by atoms with Crippen LogP contribution in [0.1, 0.15) is 16.8 Å². The SMILES string of the molecule is NCCC(=O)c1c(Cl)ccc2c1OCO2. The summed E-state index contributed by atoms with van der Waals surface area (Å²) in [6.07, 6.45) is 0.250. The quantitative estimate of drug-likeness (QED) is 0.797. The molecule has 0 radical (unpaired) electrons. The molecule has 1 aromatic carbocycles. The highest BCUT2D eigenvalue weighted by Crippen LogP contribution is 2.39. The Hall–Kier alpha value is -1.26. The fourth-order valence-electron chi connectivity index (χ4n) is 1.46. The van der Waals surface area contributed by atoms with Crippen LogP contribution in [0.25, 0.3) is 0 Å². The zero-order valence-corrected chi connectivity index (χ0v) is 8.71. The van der Waals surface area contributed by atoms with Gasteiger partial charge in [0.15, 0.2) is 17.3 Å². The summed E-state index contributed by atoms with van der Waals surface area (Å²) in [5.41, 5.74) is 5.70. The maximum Gasteiger partial charge on any atom is 0.231 e. The van der Waals surface area contributed by atoms with Gasteiger partial charge in [-0.05, 0) is 18.7 Å². The molecule has 0 amide bonds. The Bertz CT molecular complexity index is 406. The summed E-state index contributed by atoms with van der Waals surface area (Å²) in [4.78, 5) is 11.7. The molecule has 0 aliphatic carbocycles. The Kier molecular flexibility index (Phi) is 2.79. The second-order valence-electron chi connectivity index (χ2n) is 3.12. The number of rotatable bonds is 3. The van der Waals surface area contributed by atoms with Crippen LogP contribution in [-0.4, -0.2) is 19.1 Å². The number of halogens is 1. The van der Waals surface area contributed by atoms with Crippen LogP contribution in [0.2, 0.25) is 5.02 Å². The van der Waals surface area contributed by atoms with Crippen LogP contribution in [0.3, 0.4) is 0 Å². The van der Waals surface area contributed by atoms with Crippen LogP contribution in [0.15, 0.2) is 12.1 Å². The second-order valence-corrected chi connectivity index (χ2v) is 3.53. The van der Waals surface area contributed by atoms with Crippen molar-refractivity contribution in [1.82, 2.24) is 0 Å². The summed E-state index contributed by atoms with van der Waals surface area (Å²) in [5, 5.41) is 0.373. The molecule has 1 aromatic rings. The van der Waals surface area contributed by atoms with Crippen molar-refractivity contribution < 1.29 is 14.3 Å². The number of carbonyl (C=O) groups is 1. The third-order valence-electron chi connectivity index (χ3n) is 2.14. The molecule has 80 valence electrons. The highest BCUT2D eigenvalue weighted by atomic mass is 35.5. The van der Waals surface area contributed by atoms with Crippen molar-refractivity contribution in [3.63, 3.8) is 0 Å². The Morgan fingerprint density at radius 2 is 2.27 bits per heavy atom. The van der Waals surface area contributed by atoms with E-state index in [1.165, 1.54) is 0 Å². The van der Waals surface area contributed by atoms with Gasteiger partial charge in [0.1, 0.15) is 0 Å². The number of benzene rings is 1. The number of nitrogens with two attached hydrogens (primary N) is 1. The van der Waals surface area contributed by atoms with E-state index in [-0.39, 0.29) is 19.0 Å². The first-order valence-electron chi connectivity index (χ1n) is 4.55. The molecule has 0 spiro atoms. The average molecular weight is 228 g/mol. The first kappa shape index (κ1) is 10.3. The maximum atomic E-state index is 11.7. The van der Waals surface area contributed by atoms with Crippen molar-refractivity contribution in [3.8, 4) is 11.5 Å². The summed E-state index contributed by atoms with van der Waals surface area (Å²) in [6, 6.07) is 3.31. The van der Waals surface area contributed by atoms with E-state index in [0.717, 1.165) is 0 Å². The van der Waals surface area contributed by atoms with Crippen molar-refractivity contribution in [2.75, 3.05) is 13.3 Å². The molecular formula is C10H10ClNO3. The number of ether oxygens (including phenoxy) is 2. The Balaban J connectivity index is 2.45. The first-order chi connectivity index (χ1) is 7.24. The lowest BCUT2D eigenvalue weighted by Gasteiger charge is -2.06. The normalized spacial score (nSPS) is 12.9. The van der Waals surface area contributed by atoms with Gasteiger partial charge in [-0.2, -0.15) is 0 Å². The minimum atomic E-state index is -0.121. The Morgan fingerprint density at radius 1 is 1.47 bits per heavy atom. The van der Waals surface area contributed by atoms with Crippen molar-refractivity contribution in [1.29, 1.82) is 0 Å². The molecule has 1 aliphatic rings. The summed E-state index contributed by atoms with van der Waals surface area (Å²) in [5.74, 6) is 0.866. The van der Waals surface area contributed by atoms with E-state index in [2.05, 4.69) is 0 Å². The summed E-state index contributed by atoms with van der Waals surface area (Å²) in [7, 11) is 0. The van der Waals surface area contributed by atoms with Gasteiger partial charge in [0.2, 0.25) is 6.79 Å². The average Bonchev–Trinajstić information content (AvgIpc) is 2.65. The van der Waals surface area contributed by atoms with Crippen LogP contribution in [0, 0.1) is 0 Å². The number of carbonyl (C=O) groups excluding carboxylic acids is 1. The van der Waals surface area contributed by atoms with E-state index in [0.29, 0.717) is 28.6 Å². The topological polar surface area (TPSA) is 61.6 Å². The van der Waals surface area contributed by atoms with Crippen LogP contribution < -0.4 is 15.2 Å². The highest BCUT2D eigenvalue weighted by Gasteiger charge is 2.24. The first-order valence-corrected chi connectivity index (χ1v) is 4.93. The molecule has 2 N–H and O–H groups in total. The summed E-state index contributed by atoms with van der Waals surface area (Å²) >= 11 is 5.94. The fourth-order valence-corrected chi connectivity index (χ4v) is 1.72. The molecule has 0 fully saturated rings. The van der Waals surface area contributed by atoms with E-state index in [1.54, 1.807) is 12.1 Å². The van der Waals surface area contributed by atoms with Crippen molar-refractivity contribution in [2.45, 2.75) is 6.42 Å². The summed E-state index contributed by atoms with van der Waals surface area (Å²) < 4.78 is 10.4. The van der Waals surface area contributed by atoms with Gasteiger partial charge in [-0.1, -0.05) is 11.6 Å². The molecule has 1 aliphatic heterocycles. The van der Waals surface area contributed by atoms with Gasteiger partial charge in [0.25, 0.3) is 0 Å². The zero-order valence-electron chi connectivity index (χ0n) is 7.96. The standard InChI is InChI=1S/C10H10ClNO3/c11-6-1-2-8-10(15-5-14-8)9(6)7(13)3-4-12/h1-2H,3-5,12H2. The van der Waals surface area contributed by atoms with Gasteiger partial charge in [-0.3, -0.25) is 4.79 Å². The van der Waals surface area contributed by atoms with Gasteiger partial charge in [-0.15, -0.1) is 0 Å². The second kappa shape index (κ2) is 4.08. The molecule has 0 aromatic heterocycles. The zero-order chi connectivity index (χ0) is 10.8. The molecule has 0 unspecified atom stereocenters. The van der Waals surface area contributed by atoms with Crippen LogP contribution in [0.4, 0.5) is 0 Å². The Labute approximate surface area is 91.9 Å². The van der Waals surface area contributed by atoms with E-state index in [9.17, 15) is 4.79 Å². The lowest BCUT2D eigenvalue weighted by atomic mass is 10.1. The van der Waals surface area contributed by atoms with Gasteiger partial charge in [-0.25, -0.2) is 0 Å². The Morgan fingerprint density at radius 3 is 3.00 bits per heavy atom. The number of fused-ring (bicyclic) bond motifs is 1. The van der Waals surface area contributed by atoms with E-state index in [1.807, 2.05) is 0 Å². The molecule has 15 heavy (non-hydrogen) atoms. The van der Waals surface area contributed by atoms with Gasteiger partial charge < -0.3 is 15.2 Å². The van der Waals surface area contributed by atoms with Crippen molar-refractivity contribution in [2.24, 2.45) is 5.73 Å². The molecular weight excluding hydrogens is 218 g/mol. The summed E-state index contributed by atoms with van der Waals surface area (Å²) in [6.45, 7) is 0.415. The van der Waals surface area contributed by atoms with Gasteiger partial charge >= 0.3 is 0 Å². The number of ketones is 1.